The maximum absolute atomic E-state index is 8.74. The third-order valence-corrected chi connectivity index (χ3v) is 5.66. The van der Waals surface area contributed by atoms with Crippen LogP contribution in [-0.4, -0.2) is 47.9 Å². The van der Waals surface area contributed by atoms with Crippen LogP contribution in [0.25, 0.3) is 0 Å². The van der Waals surface area contributed by atoms with Gasteiger partial charge in [0.15, 0.2) is 0 Å². The molecule has 0 heterocycles. The Hall–Kier alpha value is 0.0169. The molecule has 0 radical (unpaired) electrons. The van der Waals surface area contributed by atoms with Gasteiger partial charge in [-0.3, -0.25) is 0 Å². The number of hydrogen-bond acceptors (Lipinski definition) is 5. The summed E-state index contributed by atoms with van der Waals surface area (Å²) in [5, 5.41) is 8.74. The van der Waals surface area contributed by atoms with Gasteiger partial charge in [0.1, 0.15) is 0 Å². The molecule has 0 aliphatic carbocycles. The molecular weight excluding hydrogens is 238 g/mol. The molecular formula is C11H27NO4Si. The molecule has 17 heavy (non-hydrogen) atoms. The van der Waals surface area contributed by atoms with Crippen molar-refractivity contribution in [3.05, 3.63) is 0 Å². The third kappa shape index (κ3) is 6.49. The molecule has 0 aromatic rings. The van der Waals surface area contributed by atoms with Gasteiger partial charge in [-0.05, 0) is 24.8 Å². The molecule has 104 valence electrons. The molecule has 0 fully saturated rings. The molecule has 0 saturated carbocycles. The van der Waals surface area contributed by atoms with Gasteiger partial charge in [0, 0.05) is 33.5 Å². The topological polar surface area (TPSA) is 73.9 Å². The number of aliphatic hydroxyl groups is 1. The maximum atomic E-state index is 8.74. The van der Waals surface area contributed by atoms with Crippen LogP contribution < -0.4 is 5.73 Å². The second kappa shape index (κ2) is 8.18. The van der Waals surface area contributed by atoms with Crippen LogP contribution in [0.4, 0.5) is 0 Å². The molecule has 0 spiro atoms. The standard InChI is InChI=1S/C11H27NO4Si/c1-11(2,10-12)6-9-17(14-3,15-4)16-8-5-7-13/h13H,5-10,12H2,1-4H3. The van der Waals surface area contributed by atoms with Crippen molar-refractivity contribution in [3.8, 4) is 0 Å². The summed E-state index contributed by atoms with van der Waals surface area (Å²) in [6.45, 7) is 5.44. The van der Waals surface area contributed by atoms with Crippen molar-refractivity contribution >= 4 is 8.80 Å². The second-order valence-corrected chi connectivity index (χ2v) is 7.86. The van der Waals surface area contributed by atoms with E-state index < -0.39 is 8.80 Å². The number of hydrogen-bond donors (Lipinski definition) is 2. The van der Waals surface area contributed by atoms with E-state index in [0.717, 1.165) is 12.5 Å². The van der Waals surface area contributed by atoms with Crippen molar-refractivity contribution in [1.29, 1.82) is 0 Å². The van der Waals surface area contributed by atoms with Gasteiger partial charge in [-0.1, -0.05) is 13.8 Å². The zero-order valence-corrected chi connectivity index (χ0v) is 12.5. The average molecular weight is 265 g/mol. The maximum Gasteiger partial charge on any atom is 0.500 e. The Morgan fingerprint density at radius 2 is 1.82 bits per heavy atom. The van der Waals surface area contributed by atoms with E-state index in [1.54, 1.807) is 14.2 Å². The van der Waals surface area contributed by atoms with E-state index in [9.17, 15) is 0 Å². The summed E-state index contributed by atoms with van der Waals surface area (Å²) in [4.78, 5) is 0. The predicted octanol–water partition coefficient (Wildman–Crippen LogP) is 0.992. The van der Waals surface area contributed by atoms with Crippen LogP contribution in [0.1, 0.15) is 26.7 Å². The summed E-state index contributed by atoms with van der Waals surface area (Å²) in [5.41, 5.74) is 5.77. The Balaban J connectivity index is 4.29. The van der Waals surface area contributed by atoms with E-state index in [0.29, 0.717) is 19.6 Å². The largest absolute Gasteiger partial charge is 0.500 e. The van der Waals surface area contributed by atoms with Crippen molar-refractivity contribution < 1.29 is 18.4 Å². The van der Waals surface area contributed by atoms with Gasteiger partial charge >= 0.3 is 8.80 Å². The Labute approximate surface area is 106 Å². The molecule has 5 nitrogen and oxygen atoms in total. The minimum Gasteiger partial charge on any atom is -0.396 e. The zero-order valence-electron chi connectivity index (χ0n) is 11.5. The van der Waals surface area contributed by atoms with Gasteiger partial charge in [0.25, 0.3) is 0 Å². The summed E-state index contributed by atoms with van der Waals surface area (Å²) >= 11 is 0. The first-order chi connectivity index (χ1) is 7.95. The quantitative estimate of drug-likeness (QED) is 0.455. The Kier molecular flexibility index (Phi) is 8.19. The fourth-order valence-electron chi connectivity index (χ4n) is 1.36. The van der Waals surface area contributed by atoms with E-state index in [1.165, 1.54) is 0 Å². The molecule has 0 unspecified atom stereocenters. The van der Waals surface area contributed by atoms with Crippen molar-refractivity contribution in [2.75, 3.05) is 34.0 Å². The lowest BCUT2D eigenvalue weighted by atomic mass is 9.91. The van der Waals surface area contributed by atoms with E-state index in [2.05, 4.69) is 13.8 Å². The Bertz CT molecular complexity index is 198. The predicted molar refractivity (Wildman–Crippen MR) is 69.7 cm³/mol. The molecule has 0 atom stereocenters. The van der Waals surface area contributed by atoms with E-state index >= 15 is 0 Å². The highest BCUT2D eigenvalue weighted by Crippen LogP contribution is 2.26. The summed E-state index contributed by atoms with van der Waals surface area (Å²) in [5.74, 6) is 0. The first kappa shape index (κ1) is 17.0. The highest BCUT2D eigenvalue weighted by molar-refractivity contribution is 6.60. The van der Waals surface area contributed by atoms with Gasteiger partial charge in [-0.25, -0.2) is 0 Å². The first-order valence-electron chi connectivity index (χ1n) is 6.00. The lowest BCUT2D eigenvalue weighted by Crippen LogP contribution is -2.45. The third-order valence-electron chi connectivity index (χ3n) is 2.91. The van der Waals surface area contributed by atoms with Crippen molar-refractivity contribution in [2.45, 2.75) is 32.7 Å². The molecule has 0 saturated heterocycles. The molecule has 0 amide bonds. The van der Waals surface area contributed by atoms with Gasteiger partial charge in [0.05, 0.1) is 0 Å². The lowest BCUT2D eigenvalue weighted by Gasteiger charge is -2.30. The van der Waals surface area contributed by atoms with E-state index in [-0.39, 0.29) is 12.0 Å². The molecule has 0 aliphatic heterocycles. The van der Waals surface area contributed by atoms with Crippen molar-refractivity contribution in [2.24, 2.45) is 11.1 Å². The molecule has 0 aromatic heterocycles. The number of aliphatic hydroxyl groups excluding tert-OH is 1. The normalized spacial score (nSPS) is 13.1. The van der Waals surface area contributed by atoms with Gasteiger partial charge in [0.2, 0.25) is 0 Å². The van der Waals surface area contributed by atoms with Gasteiger partial charge in [-0.2, -0.15) is 0 Å². The smallest absolute Gasteiger partial charge is 0.396 e. The molecule has 0 rings (SSSR count). The fraction of sp³-hybridized carbons (Fsp3) is 1.00. The minimum atomic E-state index is -2.57. The fourth-order valence-corrected chi connectivity index (χ4v) is 3.76. The van der Waals surface area contributed by atoms with Crippen LogP contribution in [0.2, 0.25) is 6.04 Å². The molecule has 0 aromatic carbocycles. The highest BCUT2D eigenvalue weighted by Gasteiger charge is 2.40. The van der Waals surface area contributed by atoms with Gasteiger partial charge in [-0.15, -0.1) is 0 Å². The van der Waals surface area contributed by atoms with Crippen LogP contribution in [0.15, 0.2) is 0 Å². The monoisotopic (exact) mass is 265 g/mol. The Morgan fingerprint density at radius 1 is 1.24 bits per heavy atom. The Morgan fingerprint density at radius 3 is 2.24 bits per heavy atom. The van der Waals surface area contributed by atoms with Crippen LogP contribution in [-0.2, 0) is 13.3 Å². The van der Waals surface area contributed by atoms with Gasteiger partial charge < -0.3 is 24.1 Å². The average Bonchev–Trinajstić information content (AvgIpc) is 2.34. The number of rotatable bonds is 10. The summed E-state index contributed by atoms with van der Waals surface area (Å²) < 4.78 is 16.6. The van der Waals surface area contributed by atoms with Crippen LogP contribution in [0, 0.1) is 5.41 Å². The van der Waals surface area contributed by atoms with Crippen LogP contribution in [0.3, 0.4) is 0 Å². The van der Waals surface area contributed by atoms with E-state index in [1.807, 2.05) is 0 Å². The summed E-state index contributed by atoms with van der Waals surface area (Å²) in [6.07, 6.45) is 1.50. The van der Waals surface area contributed by atoms with Crippen LogP contribution >= 0.6 is 0 Å². The van der Waals surface area contributed by atoms with Crippen LogP contribution in [0.5, 0.6) is 0 Å². The van der Waals surface area contributed by atoms with E-state index in [4.69, 9.17) is 24.1 Å². The second-order valence-electron chi connectivity index (χ2n) is 4.89. The number of nitrogens with two attached hydrogens (primary N) is 1. The SMILES string of the molecule is CO[Si](CCC(C)(C)CN)(OC)OCCCO. The summed E-state index contributed by atoms with van der Waals surface area (Å²) in [7, 11) is 0.657. The first-order valence-corrected chi connectivity index (χ1v) is 7.93. The lowest BCUT2D eigenvalue weighted by molar-refractivity contribution is 0.0874. The highest BCUT2D eigenvalue weighted by atomic mass is 28.4. The molecule has 0 bridgehead atoms. The minimum absolute atomic E-state index is 0.0651. The molecule has 3 N–H and O–H groups in total. The molecule has 6 heteroatoms. The molecule has 0 aliphatic rings. The zero-order chi connectivity index (χ0) is 13.4. The van der Waals surface area contributed by atoms with Crippen molar-refractivity contribution in [1.82, 2.24) is 0 Å². The van der Waals surface area contributed by atoms with Crippen molar-refractivity contribution in [3.63, 3.8) is 0 Å². The summed E-state index contributed by atoms with van der Waals surface area (Å²) in [6, 6.07) is 0.746.